The largest absolute Gasteiger partial charge is 0.352 e. The van der Waals surface area contributed by atoms with Crippen molar-refractivity contribution in [2.45, 2.75) is 50.5 Å². The van der Waals surface area contributed by atoms with Gasteiger partial charge >= 0.3 is 0 Å². The van der Waals surface area contributed by atoms with E-state index in [9.17, 15) is 22.8 Å². The van der Waals surface area contributed by atoms with Crippen LogP contribution in [-0.4, -0.2) is 67.4 Å². The third-order valence-corrected chi connectivity index (χ3v) is 7.72. The summed E-state index contributed by atoms with van der Waals surface area (Å²) in [6, 6.07) is 6.05. The molecule has 2 amide bonds. The molecule has 164 valence electrons. The summed E-state index contributed by atoms with van der Waals surface area (Å²) in [7, 11) is -3.71. The molecule has 2 fully saturated rings. The van der Waals surface area contributed by atoms with Crippen molar-refractivity contribution in [3.05, 3.63) is 29.8 Å². The van der Waals surface area contributed by atoms with Gasteiger partial charge in [-0.2, -0.15) is 4.31 Å². The molecule has 1 aromatic carbocycles. The Hall–Kier alpha value is -2.26. The number of sulfonamides is 1. The highest BCUT2D eigenvalue weighted by atomic mass is 32.2. The van der Waals surface area contributed by atoms with E-state index >= 15 is 0 Å². The van der Waals surface area contributed by atoms with Gasteiger partial charge in [0.25, 0.3) is 0 Å². The fourth-order valence-corrected chi connectivity index (χ4v) is 5.72. The van der Waals surface area contributed by atoms with E-state index in [1.807, 2.05) is 0 Å². The van der Waals surface area contributed by atoms with Crippen molar-refractivity contribution >= 4 is 27.6 Å². The summed E-state index contributed by atoms with van der Waals surface area (Å²) >= 11 is 0. The highest BCUT2D eigenvalue weighted by Gasteiger charge is 2.35. The van der Waals surface area contributed by atoms with Gasteiger partial charge in [-0.25, -0.2) is 8.42 Å². The Bertz CT molecular complexity index is 922. The van der Waals surface area contributed by atoms with Gasteiger partial charge in [0.1, 0.15) is 0 Å². The van der Waals surface area contributed by atoms with E-state index in [1.54, 1.807) is 17.0 Å². The minimum Gasteiger partial charge on any atom is -0.352 e. The number of benzene rings is 1. The lowest BCUT2D eigenvalue weighted by atomic mass is 9.95. The van der Waals surface area contributed by atoms with Gasteiger partial charge < -0.3 is 10.2 Å². The number of hydrogen-bond donors (Lipinski definition) is 1. The highest BCUT2D eigenvalue weighted by Crippen LogP contribution is 2.26. The van der Waals surface area contributed by atoms with Gasteiger partial charge in [0.05, 0.1) is 4.90 Å². The lowest BCUT2D eigenvalue weighted by Crippen LogP contribution is -2.52. The average molecular weight is 436 g/mol. The number of rotatable bonds is 5. The summed E-state index contributed by atoms with van der Waals surface area (Å²) in [4.78, 5) is 37.7. The van der Waals surface area contributed by atoms with Gasteiger partial charge in [-0.3, -0.25) is 14.4 Å². The topological polar surface area (TPSA) is 104 Å². The molecule has 30 heavy (non-hydrogen) atoms. The molecule has 0 bridgehead atoms. The number of nitrogens with zero attached hydrogens (tertiary/aromatic N) is 2. The van der Waals surface area contributed by atoms with E-state index in [1.165, 1.54) is 30.3 Å². The molecule has 0 aliphatic carbocycles. The Balaban J connectivity index is 1.61. The first-order valence-corrected chi connectivity index (χ1v) is 11.8. The third-order valence-electron chi connectivity index (χ3n) is 5.82. The monoisotopic (exact) mass is 435 g/mol. The Labute approximate surface area is 177 Å². The van der Waals surface area contributed by atoms with Gasteiger partial charge in [-0.15, -0.1) is 0 Å². The number of amides is 2. The molecule has 0 unspecified atom stereocenters. The normalized spacial score (nSPS) is 21.3. The first-order chi connectivity index (χ1) is 14.2. The zero-order valence-corrected chi connectivity index (χ0v) is 18.3. The van der Waals surface area contributed by atoms with Crippen molar-refractivity contribution in [3.63, 3.8) is 0 Å². The van der Waals surface area contributed by atoms with Crippen molar-refractivity contribution in [2.75, 3.05) is 26.2 Å². The standard InChI is InChI=1S/C21H29N3O5S/c1-15(25)18-5-3-7-20(13-18)30(28,29)24-11-8-17(9-12-24)21(27)23-10-4-6-19(14-23)22-16(2)26/h3,5,7,13,17,19H,4,6,8-12,14H2,1-2H3,(H,22,26)/t19-/m1/s1. The van der Waals surface area contributed by atoms with Crippen LogP contribution in [0.15, 0.2) is 29.2 Å². The molecule has 0 spiro atoms. The molecule has 2 saturated heterocycles. The number of likely N-dealkylation sites (tertiary alicyclic amines) is 1. The van der Waals surface area contributed by atoms with Crippen LogP contribution < -0.4 is 5.32 Å². The van der Waals surface area contributed by atoms with E-state index in [2.05, 4.69) is 5.32 Å². The van der Waals surface area contributed by atoms with Gasteiger partial charge in [0.2, 0.25) is 21.8 Å². The lowest BCUT2D eigenvalue weighted by molar-refractivity contribution is -0.138. The molecule has 8 nitrogen and oxygen atoms in total. The van der Waals surface area contributed by atoms with E-state index in [0.29, 0.717) is 31.5 Å². The Morgan fingerprint density at radius 2 is 1.73 bits per heavy atom. The minimum absolute atomic E-state index is 0.0192. The molecule has 1 N–H and O–H groups in total. The molecule has 0 radical (unpaired) electrons. The number of carbonyl (C=O) groups excluding carboxylic acids is 3. The first-order valence-electron chi connectivity index (χ1n) is 10.4. The van der Waals surface area contributed by atoms with Gasteiger partial charge in [0, 0.05) is 50.6 Å². The Morgan fingerprint density at radius 3 is 2.37 bits per heavy atom. The zero-order valence-electron chi connectivity index (χ0n) is 17.5. The van der Waals surface area contributed by atoms with Crippen LogP contribution >= 0.6 is 0 Å². The maximum absolute atomic E-state index is 13.0. The maximum Gasteiger partial charge on any atom is 0.243 e. The summed E-state index contributed by atoms with van der Waals surface area (Å²) in [6.45, 7) is 4.60. The van der Waals surface area contributed by atoms with Crippen LogP contribution in [0.4, 0.5) is 0 Å². The molecule has 1 atom stereocenters. The van der Waals surface area contributed by atoms with Gasteiger partial charge in [-0.1, -0.05) is 12.1 Å². The predicted octanol–water partition coefficient (Wildman–Crippen LogP) is 1.42. The number of nitrogens with one attached hydrogen (secondary N) is 1. The minimum atomic E-state index is -3.71. The van der Waals surface area contributed by atoms with Crippen LogP contribution in [-0.2, 0) is 19.6 Å². The Morgan fingerprint density at radius 1 is 1.03 bits per heavy atom. The molecule has 3 rings (SSSR count). The lowest BCUT2D eigenvalue weighted by Gasteiger charge is -2.37. The molecular formula is C21H29N3O5S. The molecule has 2 heterocycles. The molecule has 2 aliphatic heterocycles. The number of Topliss-reactive ketones (excluding diaryl/α,β-unsaturated/α-hetero) is 1. The average Bonchev–Trinajstić information content (AvgIpc) is 2.73. The van der Waals surface area contributed by atoms with Crippen LogP contribution in [0.2, 0.25) is 0 Å². The van der Waals surface area contributed by atoms with Gasteiger partial charge in [0.15, 0.2) is 5.78 Å². The van der Waals surface area contributed by atoms with E-state index in [4.69, 9.17) is 0 Å². The van der Waals surface area contributed by atoms with E-state index in [-0.39, 0.29) is 47.5 Å². The maximum atomic E-state index is 13.0. The van der Waals surface area contributed by atoms with Crippen molar-refractivity contribution in [1.29, 1.82) is 0 Å². The number of carbonyl (C=O) groups is 3. The molecule has 1 aromatic rings. The Kier molecular flexibility index (Phi) is 6.92. The second-order valence-corrected chi connectivity index (χ2v) is 10.0. The zero-order chi connectivity index (χ0) is 21.9. The van der Waals surface area contributed by atoms with E-state index in [0.717, 1.165) is 12.8 Å². The highest BCUT2D eigenvalue weighted by molar-refractivity contribution is 7.89. The molecular weight excluding hydrogens is 406 g/mol. The summed E-state index contributed by atoms with van der Waals surface area (Å²) in [5.74, 6) is -0.450. The SMILES string of the molecule is CC(=O)N[C@@H]1CCCN(C(=O)C2CCN(S(=O)(=O)c3cccc(C(C)=O)c3)CC2)C1. The second kappa shape index (κ2) is 9.26. The molecule has 0 saturated carbocycles. The number of piperidine rings is 2. The number of hydrogen-bond acceptors (Lipinski definition) is 5. The third kappa shape index (κ3) is 5.07. The molecule has 2 aliphatic rings. The summed E-state index contributed by atoms with van der Waals surface area (Å²) in [5, 5.41) is 2.88. The fourth-order valence-electron chi connectivity index (χ4n) is 4.21. The summed E-state index contributed by atoms with van der Waals surface area (Å²) in [6.07, 6.45) is 2.63. The van der Waals surface area contributed by atoms with E-state index < -0.39 is 10.0 Å². The van der Waals surface area contributed by atoms with Crippen molar-refractivity contribution in [1.82, 2.24) is 14.5 Å². The van der Waals surface area contributed by atoms with Crippen LogP contribution in [0.3, 0.4) is 0 Å². The van der Waals surface area contributed by atoms with Crippen molar-refractivity contribution in [2.24, 2.45) is 5.92 Å². The van der Waals surface area contributed by atoms with Crippen molar-refractivity contribution in [3.8, 4) is 0 Å². The van der Waals surface area contributed by atoms with Gasteiger partial charge in [-0.05, 0) is 44.7 Å². The second-order valence-electron chi connectivity index (χ2n) is 8.09. The van der Waals surface area contributed by atoms with Crippen LogP contribution in [0.5, 0.6) is 0 Å². The smallest absolute Gasteiger partial charge is 0.243 e. The van der Waals surface area contributed by atoms with Crippen LogP contribution in [0, 0.1) is 5.92 Å². The quantitative estimate of drug-likeness (QED) is 0.705. The molecule has 0 aromatic heterocycles. The van der Waals surface area contributed by atoms with Crippen LogP contribution in [0.1, 0.15) is 49.9 Å². The van der Waals surface area contributed by atoms with Crippen molar-refractivity contribution < 1.29 is 22.8 Å². The molecule has 9 heteroatoms. The first kappa shape index (κ1) is 22.4. The number of ketones is 1. The fraction of sp³-hybridized carbons (Fsp3) is 0.571. The summed E-state index contributed by atoms with van der Waals surface area (Å²) in [5.41, 5.74) is 0.361. The predicted molar refractivity (Wildman–Crippen MR) is 111 cm³/mol. The summed E-state index contributed by atoms with van der Waals surface area (Å²) < 4.78 is 27.3. The van der Waals surface area contributed by atoms with Crippen LogP contribution in [0.25, 0.3) is 0 Å².